The molecule has 20 heavy (non-hydrogen) atoms. The number of fused-ring (bicyclic) bond motifs is 1. The van der Waals surface area contributed by atoms with Crippen molar-refractivity contribution in [2.24, 2.45) is 5.92 Å². The molecule has 0 amide bonds. The third kappa shape index (κ3) is 2.67. The summed E-state index contributed by atoms with van der Waals surface area (Å²) in [4.78, 5) is 0. The molecule has 1 aromatic carbocycles. The molecule has 106 valence electrons. The Morgan fingerprint density at radius 3 is 3.00 bits per heavy atom. The molecule has 4 heteroatoms. The topological polar surface area (TPSA) is 40.7 Å². The number of benzene rings is 1. The summed E-state index contributed by atoms with van der Waals surface area (Å²) in [5.41, 5.74) is 5.20. The van der Waals surface area contributed by atoms with Crippen molar-refractivity contribution in [3.05, 3.63) is 51.3 Å². The van der Waals surface area contributed by atoms with Gasteiger partial charge >= 0.3 is 0 Å². The van der Waals surface area contributed by atoms with E-state index < -0.39 is 0 Å². The van der Waals surface area contributed by atoms with Crippen molar-refractivity contribution in [1.29, 1.82) is 0 Å². The Kier molecular flexibility index (Phi) is 3.94. The molecule has 1 aromatic heterocycles. The predicted octanol–water partition coefficient (Wildman–Crippen LogP) is 3.76. The van der Waals surface area contributed by atoms with Crippen LogP contribution in [0.2, 0.25) is 0 Å². The highest BCUT2D eigenvalue weighted by atomic mass is 79.9. The summed E-state index contributed by atoms with van der Waals surface area (Å²) in [7, 11) is 0. The van der Waals surface area contributed by atoms with Gasteiger partial charge in [-0.2, -0.15) is 5.10 Å². The third-order valence-electron chi connectivity index (χ3n) is 4.11. The first-order valence-electron chi connectivity index (χ1n) is 7.22. The molecule has 1 heterocycles. The van der Waals surface area contributed by atoms with Gasteiger partial charge in [0.1, 0.15) is 0 Å². The Hall–Kier alpha value is -1.13. The predicted molar refractivity (Wildman–Crippen MR) is 84.6 cm³/mol. The van der Waals surface area contributed by atoms with Gasteiger partial charge in [-0.25, -0.2) is 0 Å². The second-order valence-corrected chi connectivity index (χ2v) is 6.54. The molecular weight excluding hydrogens is 314 g/mol. The number of halogens is 1. The van der Waals surface area contributed by atoms with Gasteiger partial charge in [0.15, 0.2) is 0 Å². The van der Waals surface area contributed by atoms with E-state index >= 15 is 0 Å². The molecule has 3 rings (SSSR count). The number of aryl methyl sites for hydroxylation is 1. The maximum atomic E-state index is 4.28. The largest absolute Gasteiger partial charge is 0.304 e. The monoisotopic (exact) mass is 333 g/mol. The summed E-state index contributed by atoms with van der Waals surface area (Å²) in [5, 5.41) is 11.1. The van der Waals surface area contributed by atoms with Gasteiger partial charge in [0, 0.05) is 22.8 Å². The van der Waals surface area contributed by atoms with Crippen LogP contribution in [-0.4, -0.2) is 10.2 Å². The van der Waals surface area contributed by atoms with E-state index in [1.165, 1.54) is 11.1 Å². The van der Waals surface area contributed by atoms with Crippen molar-refractivity contribution < 1.29 is 0 Å². The molecule has 0 fully saturated rings. The van der Waals surface area contributed by atoms with Crippen molar-refractivity contribution in [2.75, 3.05) is 0 Å². The van der Waals surface area contributed by atoms with Gasteiger partial charge in [-0.15, -0.1) is 0 Å². The Balaban J connectivity index is 1.73. The van der Waals surface area contributed by atoms with E-state index in [0.29, 0.717) is 12.0 Å². The van der Waals surface area contributed by atoms with Gasteiger partial charge in [-0.05, 0) is 48.1 Å². The molecule has 0 unspecified atom stereocenters. The lowest BCUT2D eigenvalue weighted by Crippen LogP contribution is -2.23. The summed E-state index contributed by atoms with van der Waals surface area (Å²) >= 11 is 3.58. The van der Waals surface area contributed by atoms with Crippen LogP contribution in [0.15, 0.2) is 28.7 Å². The third-order valence-corrected chi connectivity index (χ3v) is 4.61. The first-order valence-corrected chi connectivity index (χ1v) is 8.01. The quantitative estimate of drug-likeness (QED) is 0.894. The van der Waals surface area contributed by atoms with E-state index in [-0.39, 0.29) is 0 Å². The van der Waals surface area contributed by atoms with Crippen LogP contribution in [0.3, 0.4) is 0 Å². The number of aromatic nitrogens is 2. The fourth-order valence-electron chi connectivity index (χ4n) is 3.02. The zero-order valence-electron chi connectivity index (χ0n) is 11.9. The van der Waals surface area contributed by atoms with Crippen LogP contribution in [0.5, 0.6) is 0 Å². The number of hydrogen-bond donors (Lipinski definition) is 2. The number of aromatic amines is 1. The smallest absolute Gasteiger partial charge is 0.0622 e. The zero-order chi connectivity index (χ0) is 14.1. The lowest BCUT2D eigenvalue weighted by molar-refractivity contribution is 0.413. The molecule has 3 nitrogen and oxygen atoms in total. The lowest BCUT2D eigenvalue weighted by Gasteiger charge is -2.18. The number of H-pyrrole nitrogens is 1. The zero-order valence-corrected chi connectivity index (χ0v) is 13.5. The second-order valence-electron chi connectivity index (χ2n) is 5.62. The Morgan fingerprint density at radius 2 is 2.25 bits per heavy atom. The maximum absolute atomic E-state index is 4.28. The highest BCUT2D eigenvalue weighted by molar-refractivity contribution is 9.10. The Bertz CT molecular complexity index is 606. The number of rotatable bonds is 4. The summed E-state index contributed by atoms with van der Waals surface area (Å²) in [6.07, 6.45) is 2.13. The molecule has 0 bridgehead atoms. The standard InChI is InChI=1S/C16H20BrN3/c1-3-13-8-14(20-19-13)9-18-16-10(2)6-11-4-5-12(17)7-15(11)16/h4-5,7-8,10,16,18H,3,6,9H2,1-2H3,(H,19,20)/t10-,16+/m1/s1. The minimum atomic E-state index is 0.427. The molecule has 2 N–H and O–H groups in total. The first kappa shape index (κ1) is 13.8. The molecule has 1 aliphatic rings. The second kappa shape index (κ2) is 5.70. The molecule has 2 aromatic rings. The number of nitrogens with one attached hydrogen (secondary N) is 2. The fourth-order valence-corrected chi connectivity index (χ4v) is 3.40. The lowest BCUT2D eigenvalue weighted by atomic mass is 10.0. The Labute approximate surface area is 128 Å². The van der Waals surface area contributed by atoms with Gasteiger partial charge in [0.25, 0.3) is 0 Å². The van der Waals surface area contributed by atoms with Crippen LogP contribution in [-0.2, 0) is 19.4 Å². The van der Waals surface area contributed by atoms with Crippen LogP contribution < -0.4 is 5.32 Å². The molecule has 0 spiro atoms. The number of nitrogens with zero attached hydrogens (tertiary/aromatic N) is 1. The van der Waals surface area contributed by atoms with E-state index in [0.717, 1.165) is 35.2 Å². The van der Waals surface area contributed by atoms with Gasteiger partial charge in [0.2, 0.25) is 0 Å². The van der Waals surface area contributed by atoms with Crippen molar-refractivity contribution >= 4 is 15.9 Å². The maximum Gasteiger partial charge on any atom is 0.0622 e. The summed E-state index contributed by atoms with van der Waals surface area (Å²) in [6.45, 7) is 5.28. The fraction of sp³-hybridized carbons (Fsp3) is 0.438. The minimum absolute atomic E-state index is 0.427. The van der Waals surface area contributed by atoms with E-state index in [1.807, 2.05) is 0 Å². The molecular formula is C16H20BrN3. The normalized spacial score (nSPS) is 21.1. The average Bonchev–Trinajstić information content (AvgIpc) is 3.00. The van der Waals surface area contributed by atoms with Crippen molar-refractivity contribution in [2.45, 2.75) is 39.3 Å². The average molecular weight is 334 g/mol. The van der Waals surface area contributed by atoms with E-state index in [4.69, 9.17) is 0 Å². The summed E-state index contributed by atoms with van der Waals surface area (Å²) < 4.78 is 1.16. The molecule has 0 radical (unpaired) electrons. The van der Waals surface area contributed by atoms with Crippen molar-refractivity contribution in [1.82, 2.24) is 15.5 Å². The number of hydrogen-bond acceptors (Lipinski definition) is 2. The Morgan fingerprint density at radius 1 is 1.40 bits per heavy atom. The molecule has 1 aliphatic carbocycles. The summed E-state index contributed by atoms with van der Waals surface area (Å²) in [5.74, 6) is 0.632. The van der Waals surface area contributed by atoms with Crippen LogP contribution in [0, 0.1) is 5.92 Å². The van der Waals surface area contributed by atoms with Crippen molar-refractivity contribution in [3.63, 3.8) is 0 Å². The van der Waals surface area contributed by atoms with Crippen molar-refractivity contribution in [3.8, 4) is 0 Å². The SMILES string of the molecule is CCc1cc(CN[C@@H]2c3cc(Br)ccc3C[C@H]2C)[nH]n1. The minimum Gasteiger partial charge on any atom is -0.304 e. The van der Waals surface area contributed by atoms with Crippen LogP contribution >= 0.6 is 15.9 Å². The van der Waals surface area contributed by atoms with E-state index in [2.05, 4.69) is 69.6 Å². The molecule has 0 saturated carbocycles. The van der Waals surface area contributed by atoms with Gasteiger partial charge in [-0.1, -0.05) is 35.8 Å². The molecule has 2 atom stereocenters. The molecule has 0 saturated heterocycles. The highest BCUT2D eigenvalue weighted by Crippen LogP contribution is 2.37. The van der Waals surface area contributed by atoms with Gasteiger partial charge in [0.05, 0.1) is 5.69 Å². The highest BCUT2D eigenvalue weighted by Gasteiger charge is 2.28. The summed E-state index contributed by atoms with van der Waals surface area (Å²) in [6, 6.07) is 9.20. The van der Waals surface area contributed by atoms with Crippen LogP contribution in [0.25, 0.3) is 0 Å². The van der Waals surface area contributed by atoms with Crippen LogP contribution in [0.1, 0.15) is 42.4 Å². The molecule has 0 aliphatic heterocycles. The van der Waals surface area contributed by atoms with E-state index in [9.17, 15) is 0 Å². The van der Waals surface area contributed by atoms with Gasteiger partial charge in [-0.3, -0.25) is 5.10 Å². The first-order chi connectivity index (χ1) is 9.67. The van der Waals surface area contributed by atoms with Crippen LogP contribution in [0.4, 0.5) is 0 Å². The van der Waals surface area contributed by atoms with E-state index in [1.54, 1.807) is 0 Å². The van der Waals surface area contributed by atoms with Gasteiger partial charge < -0.3 is 5.32 Å².